The van der Waals surface area contributed by atoms with Crippen molar-refractivity contribution >= 4 is 22.7 Å². The monoisotopic (exact) mass is 358 g/mol. The third-order valence-electron chi connectivity index (χ3n) is 3.80. The molecule has 0 saturated carbocycles. The molecule has 0 spiro atoms. The largest absolute Gasteiger partial charge is 0.486 e. The first kappa shape index (κ1) is 15.6. The molecule has 124 valence electrons. The highest BCUT2D eigenvalue weighted by Gasteiger charge is 2.22. The third kappa shape index (κ3) is 3.45. The zero-order valence-electron chi connectivity index (χ0n) is 13.3. The number of nitrogens with zero attached hydrogens (tertiary/aromatic N) is 2. The second-order valence-electron chi connectivity index (χ2n) is 5.82. The number of para-hydroxylation sites is 2. The summed E-state index contributed by atoms with van der Waals surface area (Å²) in [6.45, 7) is 2.20. The van der Waals surface area contributed by atoms with Crippen LogP contribution in [0.15, 0.2) is 47.2 Å². The summed E-state index contributed by atoms with van der Waals surface area (Å²) in [6.07, 6.45) is 0.0419. The number of hydrogen-bond donors (Lipinski definition) is 0. The van der Waals surface area contributed by atoms with Crippen LogP contribution in [0.3, 0.4) is 0 Å². The fraction of sp³-hybridized carbons (Fsp3) is 0.278. The number of ether oxygens (including phenoxy) is 2. The second kappa shape index (κ2) is 6.93. The number of hydrogen-bond acceptors (Lipinski definition) is 6. The van der Waals surface area contributed by atoms with Crippen LogP contribution in [0.2, 0.25) is 0 Å². The lowest BCUT2D eigenvalue weighted by Crippen LogP contribution is -2.39. The van der Waals surface area contributed by atoms with Gasteiger partial charge in [-0.05, 0) is 30.6 Å². The Bertz CT molecular complexity index is 801. The van der Waals surface area contributed by atoms with Gasteiger partial charge in [-0.25, -0.2) is 4.98 Å². The molecule has 0 N–H and O–H groups in total. The maximum absolute atomic E-state index is 6.02. The number of benzene rings is 1. The van der Waals surface area contributed by atoms with Crippen LogP contribution in [0.1, 0.15) is 5.69 Å². The summed E-state index contributed by atoms with van der Waals surface area (Å²) in [6, 6.07) is 12.0. The van der Waals surface area contributed by atoms with Crippen molar-refractivity contribution in [3.8, 4) is 21.4 Å². The minimum absolute atomic E-state index is 0.0419. The normalized spacial score (nSPS) is 16.5. The molecular weight excluding hydrogens is 340 g/mol. The Morgan fingerprint density at radius 3 is 2.88 bits per heavy atom. The minimum atomic E-state index is 0.0419. The number of fused-ring (bicyclic) bond motifs is 1. The molecule has 4 nitrogen and oxygen atoms in total. The van der Waals surface area contributed by atoms with Crippen LogP contribution in [0.5, 0.6) is 11.5 Å². The van der Waals surface area contributed by atoms with E-state index >= 15 is 0 Å². The molecule has 24 heavy (non-hydrogen) atoms. The molecule has 0 amide bonds. The lowest BCUT2D eigenvalue weighted by molar-refractivity contribution is 0.0636. The minimum Gasteiger partial charge on any atom is -0.486 e. The Labute approximate surface area is 149 Å². The van der Waals surface area contributed by atoms with Gasteiger partial charge in [0, 0.05) is 18.5 Å². The highest BCUT2D eigenvalue weighted by Crippen LogP contribution is 2.31. The number of thiazole rings is 1. The van der Waals surface area contributed by atoms with Crippen molar-refractivity contribution < 1.29 is 9.47 Å². The van der Waals surface area contributed by atoms with Crippen LogP contribution in [0, 0.1) is 0 Å². The van der Waals surface area contributed by atoms with E-state index in [1.165, 1.54) is 4.88 Å². The van der Waals surface area contributed by atoms with Gasteiger partial charge in [0.15, 0.2) is 11.5 Å². The summed E-state index contributed by atoms with van der Waals surface area (Å²) >= 11 is 3.43. The first-order valence-corrected chi connectivity index (χ1v) is 9.59. The topological polar surface area (TPSA) is 34.6 Å². The van der Waals surface area contributed by atoms with Crippen LogP contribution >= 0.6 is 22.7 Å². The van der Waals surface area contributed by atoms with E-state index in [0.717, 1.165) is 35.3 Å². The lowest BCUT2D eigenvalue weighted by atomic mass is 10.2. The van der Waals surface area contributed by atoms with Crippen LogP contribution in [-0.2, 0) is 6.54 Å². The van der Waals surface area contributed by atoms with Crippen LogP contribution in [0.25, 0.3) is 9.88 Å². The molecule has 3 aromatic rings. The van der Waals surface area contributed by atoms with E-state index in [2.05, 4.69) is 34.8 Å². The van der Waals surface area contributed by atoms with E-state index in [-0.39, 0.29) is 6.10 Å². The Balaban J connectivity index is 1.35. The van der Waals surface area contributed by atoms with E-state index < -0.39 is 0 Å². The van der Waals surface area contributed by atoms with Crippen molar-refractivity contribution in [1.29, 1.82) is 0 Å². The van der Waals surface area contributed by atoms with Gasteiger partial charge in [0.05, 0.1) is 10.6 Å². The van der Waals surface area contributed by atoms with Crippen LogP contribution in [0.4, 0.5) is 0 Å². The summed E-state index contributed by atoms with van der Waals surface area (Å²) < 4.78 is 11.8. The summed E-state index contributed by atoms with van der Waals surface area (Å²) in [4.78, 5) is 8.20. The van der Waals surface area contributed by atoms with Crippen molar-refractivity contribution in [2.45, 2.75) is 12.6 Å². The molecule has 2 aromatic heterocycles. The smallest absolute Gasteiger partial charge is 0.161 e. The molecule has 0 saturated heterocycles. The standard InChI is InChI=1S/C18H18N2O2S2/c1-20(9-13-12-24-18(19-13)17-7-4-8-23-17)10-14-11-21-15-5-2-3-6-16(15)22-14/h2-8,12,14H,9-11H2,1H3. The number of aromatic nitrogens is 1. The van der Waals surface area contributed by atoms with Gasteiger partial charge in [-0.3, -0.25) is 4.90 Å². The summed E-state index contributed by atoms with van der Waals surface area (Å²) in [5.74, 6) is 1.66. The van der Waals surface area contributed by atoms with Crippen LogP contribution < -0.4 is 9.47 Å². The van der Waals surface area contributed by atoms with E-state index in [1.807, 2.05) is 24.3 Å². The summed E-state index contributed by atoms with van der Waals surface area (Å²) in [7, 11) is 2.09. The molecule has 4 rings (SSSR count). The predicted molar refractivity (Wildman–Crippen MR) is 98.1 cm³/mol. The molecule has 1 aliphatic heterocycles. The first-order valence-electron chi connectivity index (χ1n) is 7.83. The SMILES string of the molecule is CN(Cc1csc(-c2cccs2)n1)CC1COc2ccccc2O1. The molecule has 0 aliphatic carbocycles. The predicted octanol–water partition coefficient (Wildman–Crippen LogP) is 4.14. The number of rotatable bonds is 5. The quantitative estimate of drug-likeness (QED) is 0.686. The van der Waals surface area contributed by atoms with E-state index in [0.29, 0.717) is 6.61 Å². The molecule has 1 atom stereocenters. The molecule has 0 bridgehead atoms. The average Bonchev–Trinajstić information content (AvgIpc) is 3.26. The molecule has 3 heterocycles. The fourth-order valence-electron chi connectivity index (χ4n) is 2.73. The molecular formula is C18H18N2O2S2. The van der Waals surface area contributed by atoms with Gasteiger partial charge in [-0.2, -0.15) is 0 Å². The molecule has 0 fully saturated rings. The van der Waals surface area contributed by atoms with Gasteiger partial charge in [-0.15, -0.1) is 22.7 Å². The van der Waals surface area contributed by atoms with Gasteiger partial charge in [0.1, 0.15) is 17.7 Å². The second-order valence-corrected chi connectivity index (χ2v) is 7.62. The summed E-state index contributed by atoms with van der Waals surface area (Å²) in [5.41, 5.74) is 1.10. The van der Waals surface area contributed by atoms with Crippen molar-refractivity contribution in [1.82, 2.24) is 9.88 Å². The highest BCUT2D eigenvalue weighted by molar-refractivity contribution is 7.20. The summed E-state index contributed by atoms with van der Waals surface area (Å²) in [5, 5.41) is 5.32. The van der Waals surface area contributed by atoms with Gasteiger partial charge in [-0.1, -0.05) is 18.2 Å². The van der Waals surface area contributed by atoms with Crippen LogP contribution in [-0.4, -0.2) is 36.2 Å². The molecule has 0 radical (unpaired) electrons. The van der Waals surface area contributed by atoms with Crippen molar-refractivity contribution in [3.05, 3.63) is 52.9 Å². The Kier molecular flexibility index (Phi) is 4.51. The first-order chi connectivity index (χ1) is 11.8. The zero-order chi connectivity index (χ0) is 16.4. The molecule has 6 heteroatoms. The fourth-order valence-corrected chi connectivity index (χ4v) is 4.36. The van der Waals surface area contributed by atoms with Gasteiger partial charge < -0.3 is 9.47 Å². The average molecular weight is 358 g/mol. The van der Waals surface area contributed by atoms with E-state index in [1.54, 1.807) is 22.7 Å². The lowest BCUT2D eigenvalue weighted by Gasteiger charge is -2.29. The molecule has 1 aromatic carbocycles. The van der Waals surface area contributed by atoms with Crippen molar-refractivity contribution in [2.75, 3.05) is 20.2 Å². The highest BCUT2D eigenvalue weighted by atomic mass is 32.1. The van der Waals surface area contributed by atoms with Gasteiger partial charge >= 0.3 is 0 Å². The number of thiophene rings is 1. The van der Waals surface area contributed by atoms with Gasteiger partial charge in [0.25, 0.3) is 0 Å². The molecule has 1 aliphatic rings. The Morgan fingerprint density at radius 2 is 2.04 bits per heavy atom. The van der Waals surface area contributed by atoms with Crippen molar-refractivity contribution in [3.63, 3.8) is 0 Å². The van der Waals surface area contributed by atoms with E-state index in [9.17, 15) is 0 Å². The van der Waals surface area contributed by atoms with Crippen molar-refractivity contribution in [2.24, 2.45) is 0 Å². The maximum atomic E-state index is 6.02. The van der Waals surface area contributed by atoms with Gasteiger partial charge in [0.2, 0.25) is 0 Å². The van der Waals surface area contributed by atoms with E-state index in [4.69, 9.17) is 14.5 Å². The number of likely N-dealkylation sites (N-methyl/N-ethyl adjacent to an activating group) is 1. The zero-order valence-corrected chi connectivity index (χ0v) is 15.0. The maximum Gasteiger partial charge on any atom is 0.161 e. The Morgan fingerprint density at radius 1 is 1.17 bits per heavy atom. The third-order valence-corrected chi connectivity index (χ3v) is 5.73. The molecule has 1 unspecified atom stereocenters. The Hall–Kier alpha value is -1.89.